The summed E-state index contributed by atoms with van der Waals surface area (Å²) >= 11 is 1.51. The molecule has 0 radical (unpaired) electrons. The zero-order chi connectivity index (χ0) is 16.2. The molecule has 0 aromatic carbocycles. The van der Waals surface area contributed by atoms with E-state index in [1.165, 1.54) is 22.3 Å². The third kappa shape index (κ3) is 3.26. The average Bonchev–Trinajstić information content (AvgIpc) is 3.17. The molecule has 3 aromatic rings. The number of hydrogen-bond donors (Lipinski definition) is 1. The molecule has 23 heavy (non-hydrogen) atoms. The predicted octanol–water partition coefficient (Wildman–Crippen LogP) is 1.71. The van der Waals surface area contributed by atoms with Crippen molar-refractivity contribution in [1.82, 2.24) is 30.5 Å². The van der Waals surface area contributed by atoms with E-state index in [0.29, 0.717) is 12.1 Å². The van der Waals surface area contributed by atoms with Crippen molar-refractivity contribution >= 4 is 17.2 Å². The van der Waals surface area contributed by atoms with Gasteiger partial charge in [-0.25, -0.2) is 0 Å². The number of aryl methyl sites for hydroxylation is 1. The Balaban J connectivity index is 1.75. The lowest BCUT2D eigenvalue weighted by molar-refractivity contribution is 0.0954. The Morgan fingerprint density at radius 2 is 2.09 bits per heavy atom. The summed E-state index contributed by atoms with van der Waals surface area (Å²) in [7, 11) is 0. The summed E-state index contributed by atoms with van der Waals surface area (Å²) in [5, 5.41) is 14.9. The Hall–Kier alpha value is -2.61. The molecule has 0 saturated heterocycles. The van der Waals surface area contributed by atoms with Gasteiger partial charge in [0.1, 0.15) is 11.3 Å². The third-order valence-corrected chi connectivity index (χ3v) is 4.80. The molecule has 8 heteroatoms. The molecule has 0 fully saturated rings. The van der Waals surface area contributed by atoms with Crippen molar-refractivity contribution in [3.05, 3.63) is 52.4 Å². The summed E-state index contributed by atoms with van der Waals surface area (Å²) in [5.41, 5.74) is 2.73. The van der Waals surface area contributed by atoms with Gasteiger partial charge in [-0.3, -0.25) is 9.78 Å². The lowest BCUT2D eigenvalue weighted by Crippen LogP contribution is -2.27. The molecule has 0 aliphatic heterocycles. The van der Waals surface area contributed by atoms with Gasteiger partial charge in [0.25, 0.3) is 5.91 Å². The first-order valence-electron chi connectivity index (χ1n) is 7.17. The fourth-order valence-electron chi connectivity index (χ4n) is 2.25. The second-order valence-electron chi connectivity index (χ2n) is 5.08. The van der Waals surface area contributed by atoms with Gasteiger partial charge in [0.2, 0.25) is 0 Å². The molecule has 7 nitrogen and oxygen atoms in total. The normalized spacial score (nSPS) is 10.7. The van der Waals surface area contributed by atoms with E-state index < -0.39 is 0 Å². The van der Waals surface area contributed by atoms with Crippen molar-refractivity contribution < 1.29 is 4.79 Å². The molecular formula is C15H16N6OS. The quantitative estimate of drug-likeness (QED) is 0.770. The molecule has 3 rings (SSSR count). The van der Waals surface area contributed by atoms with Crippen molar-refractivity contribution in [3.8, 4) is 5.00 Å². The number of pyridine rings is 1. The van der Waals surface area contributed by atoms with Gasteiger partial charge in [0.15, 0.2) is 0 Å². The summed E-state index contributed by atoms with van der Waals surface area (Å²) in [6.45, 7) is 4.49. The Labute approximate surface area is 137 Å². The minimum atomic E-state index is -0.105. The fourth-order valence-corrected chi connectivity index (χ4v) is 3.32. The number of nitrogens with one attached hydrogen (secondary N) is 1. The highest BCUT2D eigenvalue weighted by molar-refractivity contribution is 7.15. The number of amides is 1. The number of thiophene rings is 1. The largest absolute Gasteiger partial charge is 0.352 e. The van der Waals surface area contributed by atoms with Crippen LogP contribution in [0, 0.1) is 13.8 Å². The molecule has 0 bridgehead atoms. The van der Waals surface area contributed by atoms with Crippen LogP contribution < -0.4 is 5.32 Å². The molecule has 0 aliphatic carbocycles. The summed E-state index contributed by atoms with van der Waals surface area (Å²) in [5.74, 6) is -0.105. The van der Waals surface area contributed by atoms with Crippen molar-refractivity contribution in [2.24, 2.45) is 0 Å². The maximum Gasteiger partial charge on any atom is 0.254 e. The summed E-state index contributed by atoms with van der Waals surface area (Å²) in [6.07, 6.45) is 5.76. The third-order valence-electron chi connectivity index (χ3n) is 3.60. The van der Waals surface area contributed by atoms with Gasteiger partial charge < -0.3 is 5.32 Å². The predicted molar refractivity (Wildman–Crippen MR) is 86.8 cm³/mol. The van der Waals surface area contributed by atoms with E-state index in [1.54, 1.807) is 12.4 Å². The first-order valence-corrected chi connectivity index (χ1v) is 7.99. The van der Waals surface area contributed by atoms with E-state index in [1.807, 2.05) is 26.0 Å². The van der Waals surface area contributed by atoms with Crippen molar-refractivity contribution in [1.29, 1.82) is 0 Å². The maximum absolute atomic E-state index is 12.6. The van der Waals surface area contributed by atoms with Crippen LogP contribution in [-0.2, 0) is 6.42 Å². The highest BCUT2D eigenvalue weighted by Gasteiger charge is 2.21. The summed E-state index contributed by atoms with van der Waals surface area (Å²) in [4.78, 5) is 17.6. The van der Waals surface area contributed by atoms with Crippen LogP contribution in [0.3, 0.4) is 0 Å². The van der Waals surface area contributed by atoms with Gasteiger partial charge in [-0.1, -0.05) is 0 Å². The van der Waals surface area contributed by atoms with E-state index >= 15 is 0 Å². The summed E-state index contributed by atoms with van der Waals surface area (Å²) < 4.78 is 1.53. The number of carbonyl (C=O) groups is 1. The van der Waals surface area contributed by atoms with E-state index in [-0.39, 0.29) is 5.91 Å². The number of tetrazole rings is 1. The number of carbonyl (C=O) groups excluding carboxylic acids is 1. The van der Waals surface area contributed by atoms with E-state index in [9.17, 15) is 4.79 Å². The van der Waals surface area contributed by atoms with Crippen LogP contribution in [-0.4, -0.2) is 37.6 Å². The summed E-state index contributed by atoms with van der Waals surface area (Å²) in [6, 6.07) is 3.89. The van der Waals surface area contributed by atoms with Crippen LogP contribution in [0.25, 0.3) is 5.00 Å². The van der Waals surface area contributed by atoms with Crippen LogP contribution >= 0.6 is 11.3 Å². The Morgan fingerprint density at radius 1 is 1.30 bits per heavy atom. The first-order chi connectivity index (χ1) is 11.2. The molecular weight excluding hydrogens is 312 g/mol. The van der Waals surface area contributed by atoms with E-state index in [4.69, 9.17) is 0 Å². The monoisotopic (exact) mass is 328 g/mol. The molecule has 0 unspecified atom stereocenters. The maximum atomic E-state index is 12.6. The Kier molecular flexibility index (Phi) is 4.42. The number of aromatic nitrogens is 5. The second kappa shape index (κ2) is 6.66. The van der Waals surface area contributed by atoms with Crippen LogP contribution in [0.4, 0.5) is 0 Å². The molecule has 0 saturated carbocycles. The van der Waals surface area contributed by atoms with E-state index in [2.05, 4.69) is 25.8 Å². The molecule has 3 heterocycles. The number of rotatable bonds is 5. The molecule has 0 spiro atoms. The highest BCUT2D eigenvalue weighted by atomic mass is 32.1. The molecule has 118 valence electrons. The Morgan fingerprint density at radius 3 is 2.78 bits per heavy atom. The van der Waals surface area contributed by atoms with Crippen molar-refractivity contribution in [3.63, 3.8) is 0 Å². The Bertz CT molecular complexity index is 797. The molecule has 1 amide bonds. The van der Waals surface area contributed by atoms with Crippen LogP contribution in [0.2, 0.25) is 0 Å². The first kappa shape index (κ1) is 15.3. The zero-order valence-electron chi connectivity index (χ0n) is 12.9. The minimum Gasteiger partial charge on any atom is -0.352 e. The van der Waals surface area contributed by atoms with E-state index in [0.717, 1.165) is 27.4 Å². The van der Waals surface area contributed by atoms with Crippen LogP contribution in [0.1, 0.15) is 26.4 Å². The lowest BCUT2D eigenvalue weighted by atomic mass is 10.1. The van der Waals surface area contributed by atoms with Crippen LogP contribution in [0.5, 0.6) is 0 Å². The number of hydrogen-bond acceptors (Lipinski definition) is 6. The minimum absolute atomic E-state index is 0.105. The van der Waals surface area contributed by atoms with Gasteiger partial charge in [0.05, 0.1) is 5.56 Å². The number of nitrogens with zero attached hydrogens (tertiary/aromatic N) is 5. The smallest absolute Gasteiger partial charge is 0.254 e. The van der Waals surface area contributed by atoms with Crippen molar-refractivity contribution in [2.45, 2.75) is 20.3 Å². The highest BCUT2D eigenvalue weighted by Crippen LogP contribution is 2.29. The fraction of sp³-hybridized carbons (Fsp3) is 0.267. The molecule has 0 atom stereocenters. The zero-order valence-corrected chi connectivity index (χ0v) is 13.7. The van der Waals surface area contributed by atoms with Gasteiger partial charge in [-0.05, 0) is 54.0 Å². The standard InChI is InChI=1S/C15H16N6OS/c1-10-11(2)23-15(21-9-18-19-20-21)13(10)14(22)17-8-5-12-3-6-16-7-4-12/h3-4,6-7,9H,5,8H2,1-2H3,(H,17,22). The molecule has 1 N–H and O–H groups in total. The second-order valence-corrected chi connectivity index (χ2v) is 6.28. The molecule has 3 aromatic heterocycles. The SMILES string of the molecule is Cc1sc(-n2cnnn2)c(C(=O)NCCc2ccncc2)c1C. The average molecular weight is 328 g/mol. The molecule has 0 aliphatic rings. The van der Waals surface area contributed by atoms with Gasteiger partial charge in [-0.15, -0.1) is 16.4 Å². The van der Waals surface area contributed by atoms with Gasteiger partial charge >= 0.3 is 0 Å². The van der Waals surface area contributed by atoms with Crippen molar-refractivity contribution in [2.75, 3.05) is 6.54 Å². The topological polar surface area (TPSA) is 85.6 Å². The van der Waals surface area contributed by atoms with Crippen LogP contribution in [0.15, 0.2) is 30.9 Å². The van der Waals surface area contributed by atoms with Gasteiger partial charge in [0, 0.05) is 23.8 Å². The lowest BCUT2D eigenvalue weighted by Gasteiger charge is -2.07. The van der Waals surface area contributed by atoms with Gasteiger partial charge in [-0.2, -0.15) is 4.68 Å².